The topological polar surface area (TPSA) is 113 Å². The first kappa shape index (κ1) is 15.4. The van der Waals surface area contributed by atoms with Gasteiger partial charge in [0, 0.05) is 14.1 Å². The van der Waals surface area contributed by atoms with Gasteiger partial charge in [-0.25, -0.2) is 4.79 Å². The van der Waals surface area contributed by atoms with Gasteiger partial charge in [-0.15, -0.1) is 10.2 Å². The van der Waals surface area contributed by atoms with Crippen molar-refractivity contribution < 1.29 is 14.3 Å². The first-order valence-electron chi connectivity index (χ1n) is 6.26. The lowest BCUT2D eigenvalue weighted by Gasteiger charge is -2.13. The van der Waals surface area contributed by atoms with Crippen LogP contribution in [0.1, 0.15) is 5.56 Å². The van der Waals surface area contributed by atoms with Crippen LogP contribution in [0.5, 0.6) is 11.5 Å². The number of hydrazone groups is 1. The number of carbonyl (C=O) groups excluding carboxylic acids is 1. The molecule has 0 spiro atoms. The maximum Gasteiger partial charge on any atom is 0.414 e. The van der Waals surface area contributed by atoms with Gasteiger partial charge in [0.2, 0.25) is 0 Å². The molecule has 0 atom stereocenters. The molecule has 1 aliphatic rings. The van der Waals surface area contributed by atoms with Gasteiger partial charge in [-0.1, -0.05) is 0 Å². The molecule has 10 nitrogen and oxygen atoms in total. The molecule has 0 aromatic heterocycles. The molecule has 0 fully saturated rings. The van der Waals surface area contributed by atoms with Crippen molar-refractivity contribution in [3.63, 3.8) is 0 Å². The van der Waals surface area contributed by atoms with E-state index in [-0.39, 0.29) is 0 Å². The summed E-state index contributed by atoms with van der Waals surface area (Å²) in [4.78, 5) is 12.9. The minimum absolute atomic E-state index is 0.324. The number of carbonyl (C=O) groups is 1. The van der Waals surface area contributed by atoms with Gasteiger partial charge in [-0.2, -0.15) is 5.10 Å². The van der Waals surface area contributed by atoms with E-state index in [1.807, 2.05) is 0 Å². The summed E-state index contributed by atoms with van der Waals surface area (Å²) in [5.74, 6) is 0.740. The summed E-state index contributed by atoms with van der Waals surface area (Å²) in [6.07, 6.45) is 0.459. The van der Waals surface area contributed by atoms with Gasteiger partial charge >= 0.3 is 6.09 Å². The van der Waals surface area contributed by atoms with E-state index in [0.717, 1.165) is 5.56 Å². The highest BCUT2D eigenvalue weighted by Gasteiger charge is 2.12. The summed E-state index contributed by atoms with van der Waals surface area (Å²) in [6.45, 7) is 0. The smallest absolute Gasteiger partial charge is 0.414 e. The molecule has 1 N–H and O–H groups in total. The number of nitrogens with one attached hydrogen (secondary N) is 1. The summed E-state index contributed by atoms with van der Waals surface area (Å²) in [5.41, 5.74) is 3.38. The van der Waals surface area contributed by atoms with Gasteiger partial charge in [-0.05, 0) is 34.2 Å². The molecule has 116 valence electrons. The summed E-state index contributed by atoms with van der Waals surface area (Å²) >= 11 is 0. The van der Waals surface area contributed by atoms with Gasteiger partial charge in [0.25, 0.3) is 6.29 Å². The molecule has 1 aliphatic heterocycles. The number of amides is 1. The van der Waals surface area contributed by atoms with Gasteiger partial charge in [0.05, 0.1) is 13.3 Å². The Hall–Kier alpha value is -3.04. The minimum Gasteiger partial charge on any atom is -0.493 e. The second kappa shape index (κ2) is 7.11. The fraction of sp³-hybridized carbons (Fsp3) is 0.333. The standard InChI is InChI=1S/C12H15N7O3/c1-19(2)12(20)22-9-5-4-8(6-10(9)21-3)7-13-14-11-15-17-18-16-11/h4-7,11,14H,1-3H3. The summed E-state index contributed by atoms with van der Waals surface area (Å²) in [5, 5.41) is 17.9. The molecular formula is C12H15N7O3. The van der Waals surface area contributed by atoms with Crippen LogP contribution in [0.2, 0.25) is 0 Å². The van der Waals surface area contributed by atoms with Gasteiger partial charge in [-0.3, -0.25) is 5.43 Å². The average molecular weight is 305 g/mol. The van der Waals surface area contributed by atoms with Crippen LogP contribution in [-0.4, -0.2) is 44.7 Å². The zero-order valence-corrected chi connectivity index (χ0v) is 12.3. The monoisotopic (exact) mass is 305 g/mol. The number of methoxy groups -OCH3 is 1. The number of hydrogen-bond donors (Lipinski definition) is 1. The molecule has 10 heteroatoms. The minimum atomic E-state index is -0.599. The SMILES string of the molecule is COc1cc(C=NNC2N=NN=N2)ccc1OC(=O)N(C)C. The Kier molecular flexibility index (Phi) is 4.96. The third kappa shape index (κ3) is 3.98. The van der Waals surface area contributed by atoms with Crippen LogP contribution in [0.15, 0.2) is 44.0 Å². The highest BCUT2D eigenvalue weighted by Crippen LogP contribution is 2.28. The Morgan fingerprint density at radius 1 is 1.32 bits per heavy atom. The third-order valence-corrected chi connectivity index (χ3v) is 2.52. The highest BCUT2D eigenvalue weighted by molar-refractivity contribution is 5.81. The van der Waals surface area contributed by atoms with Gasteiger partial charge < -0.3 is 14.4 Å². The van der Waals surface area contributed by atoms with Crippen LogP contribution >= 0.6 is 0 Å². The third-order valence-electron chi connectivity index (χ3n) is 2.52. The van der Waals surface area contributed by atoms with E-state index in [1.54, 1.807) is 38.5 Å². The molecule has 1 aromatic carbocycles. The predicted molar refractivity (Wildman–Crippen MR) is 76.9 cm³/mol. The molecule has 0 aliphatic carbocycles. The van der Waals surface area contributed by atoms with E-state index < -0.39 is 12.4 Å². The number of nitrogens with zero attached hydrogens (tertiary/aromatic N) is 6. The number of ether oxygens (including phenoxy) is 2. The molecule has 22 heavy (non-hydrogen) atoms. The lowest BCUT2D eigenvalue weighted by molar-refractivity contribution is 0.170. The average Bonchev–Trinajstić information content (AvgIpc) is 3.01. The molecule has 0 unspecified atom stereocenters. The highest BCUT2D eigenvalue weighted by atomic mass is 16.6. The molecule has 0 radical (unpaired) electrons. The largest absolute Gasteiger partial charge is 0.493 e. The van der Waals surface area contributed by atoms with Crippen molar-refractivity contribution in [3.05, 3.63) is 23.8 Å². The van der Waals surface area contributed by atoms with Crippen molar-refractivity contribution in [2.24, 2.45) is 25.8 Å². The fourth-order valence-corrected chi connectivity index (χ4v) is 1.43. The Balaban J connectivity index is 2.04. The maximum absolute atomic E-state index is 11.6. The van der Waals surface area contributed by atoms with Crippen LogP contribution in [-0.2, 0) is 0 Å². The molecule has 0 saturated carbocycles. The van der Waals surface area contributed by atoms with E-state index in [2.05, 4.69) is 31.2 Å². The maximum atomic E-state index is 11.6. The molecule has 0 saturated heterocycles. The fourth-order valence-electron chi connectivity index (χ4n) is 1.43. The van der Waals surface area contributed by atoms with E-state index in [0.29, 0.717) is 11.5 Å². The second-order valence-electron chi connectivity index (χ2n) is 4.34. The lowest BCUT2D eigenvalue weighted by atomic mass is 10.2. The van der Waals surface area contributed by atoms with E-state index >= 15 is 0 Å². The Labute approximate surface area is 126 Å². The predicted octanol–water partition coefficient (Wildman–Crippen LogP) is 1.80. The number of hydrogen-bond acceptors (Lipinski definition) is 9. The van der Waals surface area contributed by atoms with Crippen LogP contribution in [0.4, 0.5) is 4.79 Å². The van der Waals surface area contributed by atoms with Gasteiger partial charge in [0.1, 0.15) is 0 Å². The molecule has 1 aromatic rings. The molecular weight excluding hydrogens is 290 g/mol. The normalized spacial score (nSPS) is 13.6. The Morgan fingerprint density at radius 2 is 2.05 bits per heavy atom. The van der Waals surface area contributed by atoms with Crippen molar-refractivity contribution in [2.75, 3.05) is 21.2 Å². The van der Waals surface area contributed by atoms with Crippen molar-refractivity contribution in [3.8, 4) is 11.5 Å². The van der Waals surface area contributed by atoms with Gasteiger partial charge in [0.15, 0.2) is 11.5 Å². The lowest BCUT2D eigenvalue weighted by Crippen LogP contribution is -2.25. The number of rotatable bonds is 5. The van der Waals surface area contributed by atoms with E-state index in [4.69, 9.17) is 9.47 Å². The molecule has 0 bridgehead atoms. The van der Waals surface area contributed by atoms with Crippen LogP contribution in [0.3, 0.4) is 0 Å². The Morgan fingerprint density at radius 3 is 2.68 bits per heavy atom. The van der Waals surface area contributed by atoms with Crippen LogP contribution < -0.4 is 14.9 Å². The van der Waals surface area contributed by atoms with Crippen LogP contribution in [0, 0.1) is 0 Å². The van der Waals surface area contributed by atoms with E-state index in [9.17, 15) is 4.79 Å². The zero-order chi connectivity index (χ0) is 15.9. The quantitative estimate of drug-likeness (QED) is 0.660. The summed E-state index contributed by atoms with van der Waals surface area (Å²) < 4.78 is 10.4. The van der Waals surface area contributed by atoms with Crippen molar-refractivity contribution in [1.82, 2.24) is 10.3 Å². The Bertz CT molecular complexity index is 615. The van der Waals surface area contributed by atoms with Crippen LogP contribution in [0.25, 0.3) is 0 Å². The summed E-state index contributed by atoms with van der Waals surface area (Å²) in [6, 6.07) is 5.03. The second-order valence-corrected chi connectivity index (χ2v) is 4.34. The van der Waals surface area contributed by atoms with Crippen molar-refractivity contribution in [1.29, 1.82) is 0 Å². The van der Waals surface area contributed by atoms with E-state index in [1.165, 1.54) is 12.0 Å². The molecule has 1 amide bonds. The molecule has 1 heterocycles. The molecule has 2 rings (SSSR count). The van der Waals surface area contributed by atoms with Crippen molar-refractivity contribution >= 4 is 12.3 Å². The number of benzene rings is 1. The van der Waals surface area contributed by atoms with Crippen molar-refractivity contribution in [2.45, 2.75) is 6.29 Å². The zero-order valence-electron chi connectivity index (χ0n) is 12.3. The first-order chi connectivity index (χ1) is 10.6. The summed E-state index contributed by atoms with van der Waals surface area (Å²) in [7, 11) is 4.68. The first-order valence-corrected chi connectivity index (χ1v) is 6.26.